The zero-order valence-electron chi connectivity index (χ0n) is 42.3. The van der Waals surface area contributed by atoms with Gasteiger partial charge in [0.15, 0.2) is 14.9 Å². The van der Waals surface area contributed by atoms with Crippen molar-refractivity contribution in [2.24, 2.45) is 0 Å². The van der Waals surface area contributed by atoms with Crippen LogP contribution in [0.5, 0.6) is 0 Å². The Morgan fingerprint density at radius 3 is 1.35 bits per heavy atom. The van der Waals surface area contributed by atoms with E-state index in [9.17, 15) is 57.9 Å². The van der Waals surface area contributed by atoms with E-state index in [0.29, 0.717) is 69.5 Å². The van der Waals surface area contributed by atoms with Gasteiger partial charge in [-0.2, -0.15) is 0 Å². The average molecular weight is 1430 g/mol. The topological polar surface area (TPSA) is 321 Å². The first kappa shape index (κ1) is 72.6. The van der Waals surface area contributed by atoms with Crippen molar-refractivity contribution >= 4 is 164 Å². The Labute approximate surface area is 524 Å². The van der Waals surface area contributed by atoms with E-state index < -0.39 is 47.5 Å². The van der Waals surface area contributed by atoms with Gasteiger partial charge in [0.05, 0.1) is 55.0 Å². The van der Waals surface area contributed by atoms with Crippen molar-refractivity contribution in [1.29, 1.82) is 0 Å². The minimum atomic E-state index is -3.83. The molecule has 4 aromatic carbocycles. The molecule has 0 aliphatic heterocycles. The number of esters is 3. The maximum Gasteiger partial charge on any atom is 0.338 e. The Morgan fingerprint density at radius 2 is 1.00 bits per heavy atom. The molecule has 0 aliphatic carbocycles. The van der Waals surface area contributed by atoms with Crippen LogP contribution in [0.2, 0.25) is 20.1 Å². The van der Waals surface area contributed by atoms with E-state index in [4.69, 9.17) is 77.3 Å². The molecule has 32 heteroatoms. The number of nitro groups is 3. The number of carbonyl (C=O) groups is 4. The molecule has 2 N–H and O–H groups in total. The van der Waals surface area contributed by atoms with Crippen molar-refractivity contribution in [1.82, 2.24) is 15.0 Å². The van der Waals surface area contributed by atoms with E-state index in [1.807, 2.05) is 0 Å². The number of ether oxygens (including phenoxy) is 3. The van der Waals surface area contributed by atoms with Gasteiger partial charge in [0.2, 0.25) is 0 Å². The third kappa shape index (κ3) is 30.1. The van der Waals surface area contributed by atoms with Crippen LogP contribution in [0.15, 0.2) is 162 Å². The Hall–Kier alpha value is -6.50. The molecular weight excluding hydrogens is 1390 g/mol. The van der Waals surface area contributed by atoms with E-state index in [1.54, 1.807) is 78.9 Å². The van der Waals surface area contributed by atoms with Gasteiger partial charge in [-0.25, -0.2) is 32.8 Å². The lowest BCUT2D eigenvalue weighted by molar-refractivity contribution is -0.385. The molecule has 0 saturated carbocycles. The minimum Gasteiger partial charge on any atom is -0.461 e. The molecule has 0 bridgehead atoms. The molecule has 0 atom stereocenters. The zero-order valence-corrected chi connectivity index (χ0v) is 51.7. The standard InChI is InChI=1S/C14H11ClN2O6S.C14H11ClN2O4S.C9H8BrClO2.C7H4Cl2O.C5H4N2O2S.C2H5BrO/c15-11-3-1-2-10(8-11)14(18)23-6-7-24(21,22)13-5-4-12(9-16-13)17(19)20;15-11-3-1-2-10(8-11)14(18)21-6-7-22-13-5-4-12(9-16-13)17(19)20;10-4-5-13-9(12)7-2-1-3-8(11)6-7;8-6-3-1-2-5(4-6)7(9)10;8-7(9)4-1-2-5(10)6-3-4;3-1-2-4/h1-5,8-9H,6-7H2;1-5,8-9H,6-7H2;1-3,6H,4-5H2;1-4H;1-3H,(H,6,10);4H,1-2H2. The van der Waals surface area contributed by atoms with Gasteiger partial charge in [-0.1, -0.05) is 115 Å². The van der Waals surface area contributed by atoms with Gasteiger partial charge in [-0.05, 0) is 103 Å². The van der Waals surface area contributed by atoms with Gasteiger partial charge in [0.25, 0.3) is 22.3 Å². The van der Waals surface area contributed by atoms with E-state index in [2.05, 4.69) is 59.0 Å². The third-order valence-corrected chi connectivity index (χ3v) is 13.5. The third-order valence-electron chi connectivity index (χ3n) is 8.94. The van der Waals surface area contributed by atoms with Crippen LogP contribution in [0, 0.1) is 35.0 Å². The molecule has 0 fully saturated rings. The molecule has 3 aromatic heterocycles. The molecule has 0 radical (unpaired) electrons. The van der Waals surface area contributed by atoms with Gasteiger partial charge in [-0.15, -0.1) is 11.8 Å². The number of aromatic amines is 1. The quantitative estimate of drug-likeness (QED) is 0.00927. The van der Waals surface area contributed by atoms with Crippen LogP contribution in [0.4, 0.5) is 17.1 Å². The molecule has 0 spiro atoms. The second-order valence-electron chi connectivity index (χ2n) is 14.9. The van der Waals surface area contributed by atoms with Gasteiger partial charge >= 0.3 is 17.9 Å². The number of hydrogen-bond donors (Lipinski definition) is 2. The summed E-state index contributed by atoms with van der Waals surface area (Å²) in [6.45, 7) is 0.423. The Bertz CT molecular complexity index is 3430. The van der Waals surface area contributed by atoms with Crippen molar-refractivity contribution < 1.29 is 61.7 Å². The molecule has 83 heavy (non-hydrogen) atoms. The summed E-state index contributed by atoms with van der Waals surface area (Å²) in [5.74, 6) is -1.49. The van der Waals surface area contributed by atoms with Gasteiger partial charge in [-0.3, -0.25) is 35.1 Å². The van der Waals surface area contributed by atoms with Crippen LogP contribution in [0.1, 0.15) is 41.4 Å². The number of aromatic nitrogens is 3. The summed E-state index contributed by atoms with van der Waals surface area (Å²) in [4.78, 5) is 84.7. The summed E-state index contributed by atoms with van der Waals surface area (Å²) in [6, 6.07) is 33.6. The largest absolute Gasteiger partial charge is 0.461 e. The lowest BCUT2D eigenvalue weighted by Crippen LogP contribution is -2.16. The van der Waals surface area contributed by atoms with Gasteiger partial charge in [0, 0.05) is 60.3 Å². The number of benzene rings is 4. The van der Waals surface area contributed by atoms with Crippen LogP contribution >= 0.6 is 114 Å². The van der Waals surface area contributed by atoms with E-state index in [-0.39, 0.29) is 53.4 Å². The number of aliphatic hydroxyl groups excluding tert-OH is 1. The summed E-state index contributed by atoms with van der Waals surface area (Å²) in [5, 5.41) is 41.9. The number of nitrogens with one attached hydrogen (secondary N) is 1. The first-order valence-electron chi connectivity index (χ1n) is 22.8. The van der Waals surface area contributed by atoms with Crippen molar-refractivity contribution in [3.8, 4) is 0 Å². The zero-order chi connectivity index (χ0) is 61.9. The van der Waals surface area contributed by atoms with Crippen molar-refractivity contribution in [3.63, 3.8) is 0 Å². The minimum absolute atomic E-state index is 0.0219. The number of rotatable bonds is 18. The number of alkyl halides is 2. The Kier molecular flexibility index (Phi) is 34.9. The number of aliphatic hydroxyl groups is 1. The molecule has 7 rings (SSSR count). The highest BCUT2D eigenvalue weighted by Crippen LogP contribution is 2.20. The van der Waals surface area contributed by atoms with Crippen molar-refractivity contribution in [3.05, 3.63) is 229 Å². The van der Waals surface area contributed by atoms with Crippen LogP contribution in [-0.4, -0.2) is 115 Å². The van der Waals surface area contributed by atoms with Gasteiger partial charge in [0.1, 0.15) is 36.9 Å². The SMILES string of the molecule is O=C(Cl)c1cccc(Cl)c1.O=C(OCCBr)c1cccc(Cl)c1.O=C(OCCS(=O)(=O)c1ccc([N+](=O)[O-])cn1)c1cccc(Cl)c1.O=C(OCCSc1ccc([N+](=O)[O-])cn1)c1cccc(Cl)c1.O=[N+]([O-])c1ccc(=S)[nH]c1.OCCBr. The highest BCUT2D eigenvalue weighted by Gasteiger charge is 2.19. The number of sulfone groups is 1. The maximum atomic E-state index is 12.0. The summed E-state index contributed by atoms with van der Waals surface area (Å²) >= 11 is 40.2. The normalized spacial score (nSPS) is 10.0. The Morgan fingerprint density at radius 1 is 0.590 bits per heavy atom. The number of thioether (sulfide) groups is 1. The fourth-order valence-electron chi connectivity index (χ4n) is 5.21. The second-order valence-corrected chi connectivity index (χ2v) is 22.2. The van der Waals surface area contributed by atoms with Crippen molar-refractivity contribution in [2.75, 3.05) is 48.6 Å². The summed E-state index contributed by atoms with van der Waals surface area (Å²) in [6.07, 6.45) is 3.31. The lowest BCUT2D eigenvalue weighted by atomic mass is 10.2. The number of carbonyl (C=O) groups excluding carboxylic acids is 4. The lowest BCUT2D eigenvalue weighted by Gasteiger charge is -2.06. The fraction of sp³-hybridized carbons (Fsp3) is 0.157. The fourth-order valence-corrected chi connectivity index (χ4v) is 8.05. The number of nitrogens with zero attached hydrogens (tertiary/aromatic N) is 5. The first-order valence-corrected chi connectivity index (χ1v) is 29.9. The number of H-pyrrole nitrogens is 1. The monoisotopic (exact) mass is 1420 g/mol. The molecule has 3 heterocycles. The van der Waals surface area contributed by atoms with E-state index >= 15 is 0 Å². The van der Waals surface area contributed by atoms with Crippen molar-refractivity contribution in [2.45, 2.75) is 10.1 Å². The Balaban J connectivity index is 0.000000364. The predicted octanol–water partition coefficient (Wildman–Crippen LogP) is 13.5. The van der Waals surface area contributed by atoms with E-state index in [1.165, 1.54) is 66.6 Å². The predicted molar refractivity (Wildman–Crippen MR) is 324 cm³/mol. The first-order chi connectivity index (χ1) is 39.4. The highest BCUT2D eigenvalue weighted by atomic mass is 79.9. The van der Waals surface area contributed by atoms with E-state index in [0.717, 1.165) is 18.3 Å². The number of halogens is 7. The number of pyridine rings is 3. The van der Waals surface area contributed by atoms with Crippen LogP contribution in [0.3, 0.4) is 0 Å². The van der Waals surface area contributed by atoms with Crippen LogP contribution < -0.4 is 0 Å². The molecule has 0 saturated heterocycles. The molecule has 7 aromatic rings. The maximum absolute atomic E-state index is 12.0. The summed E-state index contributed by atoms with van der Waals surface area (Å²) < 4.78 is 39.5. The molecular formula is C51H43Br2Cl5N6O16S3. The highest BCUT2D eigenvalue weighted by molar-refractivity contribution is 9.09. The molecule has 22 nitrogen and oxygen atoms in total. The van der Waals surface area contributed by atoms with Gasteiger partial charge < -0.3 is 24.3 Å². The van der Waals surface area contributed by atoms with Crippen LogP contribution in [0.25, 0.3) is 0 Å². The molecule has 0 amide bonds. The second kappa shape index (κ2) is 39.9. The molecule has 0 aliphatic rings. The van der Waals surface area contributed by atoms with Crippen LogP contribution in [-0.2, 0) is 24.0 Å². The summed E-state index contributed by atoms with van der Waals surface area (Å²) in [5.41, 5.74) is 1.15. The molecule has 0 unspecified atom stereocenters. The number of hydrogen-bond acceptors (Lipinski definition) is 20. The summed E-state index contributed by atoms with van der Waals surface area (Å²) in [7, 11) is -3.83. The smallest absolute Gasteiger partial charge is 0.338 e. The molecule has 440 valence electrons. The average Bonchev–Trinajstić information content (AvgIpc) is 3.50.